The Balaban J connectivity index is 2.17. The zero-order chi connectivity index (χ0) is 15.2. The van der Waals surface area contributed by atoms with Crippen LogP contribution in [0.15, 0.2) is 60.7 Å². The van der Waals surface area contributed by atoms with Gasteiger partial charge in [0, 0.05) is 12.5 Å². The smallest absolute Gasteiger partial charge is 0.241 e. The summed E-state index contributed by atoms with van der Waals surface area (Å²) in [4.78, 5) is 37.0. The number of para-hydroxylation sites is 1. The number of anilines is 1. The molecule has 2 rings (SSSR count). The topological polar surface area (TPSA) is 54.5 Å². The monoisotopic (exact) mass is 281 g/mol. The van der Waals surface area contributed by atoms with Gasteiger partial charge in [-0.2, -0.15) is 0 Å². The van der Waals surface area contributed by atoms with Crippen molar-refractivity contribution in [1.82, 2.24) is 0 Å². The molecule has 0 aliphatic heterocycles. The van der Waals surface area contributed by atoms with Crippen LogP contribution in [-0.4, -0.2) is 17.6 Å². The number of ketones is 1. The van der Waals surface area contributed by atoms with Gasteiger partial charge in [-0.3, -0.25) is 19.3 Å². The van der Waals surface area contributed by atoms with Crippen LogP contribution in [0.25, 0.3) is 0 Å². The minimum absolute atomic E-state index is 0.303. The number of rotatable bonds is 4. The van der Waals surface area contributed by atoms with E-state index < -0.39 is 11.8 Å². The second-order valence-electron chi connectivity index (χ2n) is 4.55. The third-order valence-electron chi connectivity index (χ3n) is 2.99. The molecule has 0 saturated carbocycles. The molecule has 0 spiro atoms. The van der Waals surface area contributed by atoms with Crippen molar-refractivity contribution in [3.63, 3.8) is 0 Å². The van der Waals surface area contributed by atoms with Gasteiger partial charge in [-0.15, -0.1) is 0 Å². The normalized spacial score (nSPS) is 9.95. The number of benzene rings is 2. The number of amides is 2. The van der Waals surface area contributed by atoms with Crippen molar-refractivity contribution in [2.24, 2.45) is 0 Å². The summed E-state index contributed by atoms with van der Waals surface area (Å²) < 4.78 is 0. The second-order valence-corrected chi connectivity index (χ2v) is 4.55. The zero-order valence-electron chi connectivity index (χ0n) is 11.7. The molecule has 0 saturated heterocycles. The molecule has 106 valence electrons. The minimum Gasteiger partial charge on any atom is -0.294 e. The van der Waals surface area contributed by atoms with E-state index in [0.717, 1.165) is 4.90 Å². The standard InChI is InChI=1S/C17H15NO3/c1-13(19)18(15-10-6-3-7-11-15)17(21)12-16(20)14-8-4-2-5-9-14/h2-11H,12H2,1H3. The summed E-state index contributed by atoms with van der Waals surface area (Å²) in [5, 5.41) is 0. The van der Waals surface area contributed by atoms with Crippen LogP contribution in [-0.2, 0) is 9.59 Å². The van der Waals surface area contributed by atoms with Crippen molar-refractivity contribution in [2.75, 3.05) is 4.90 Å². The quantitative estimate of drug-likeness (QED) is 0.639. The van der Waals surface area contributed by atoms with Gasteiger partial charge >= 0.3 is 0 Å². The van der Waals surface area contributed by atoms with Crippen molar-refractivity contribution in [2.45, 2.75) is 13.3 Å². The molecule has 0 radical (unpaired) electrons. The van der Waals surface area contributed by atoms with Gasteiger partial charge in [-0.1, -0.05) is 48.5 Å². The third-order valence-corrected chi connectivity index (χ3v) is 2.99. The van der Waals surface area contributed by atoms with E-state index in [4.69, 9.17) is 0 Å². The Kier molecular flexibility index (Phi) is 4.61. The first-order chi connectivity index (χ1) is 10.1. The summed E-state index contributed by atoms with van der Waals surface area (Å²) in [5.74, 6) is -1.24. The van der Waals surface area contributed by atoms with E-state index in [2.05, 4.69) is 0 Å². The summed E-state index contributed by atoms with van der Waals surface area (Å²) in [6, 6.07) is 17.1. The molecule has 0 heterocycles. The van der Waals surface area contributed by atoms with Crippen LogP contribution >= 0.6 is 0 Å². The Bertz CT molecular complexity index is 650. The minimum atomic E-state index is -0.525. The van der Waals surface area contributed by atoms with Gasteiger partial charge in [0.1, 0.15) is 0 Å². The highest BCUT2D eigenvalue weighted by Crippen LogP contribution is 2.16. The van der Waals surface area contributed by atoms with Crippen LogP contribution in [0.4, 0.5) is 5.69 Å². The lowest BCUT2D eigenvalue weighted by molar-refractivity contribution is -0.124. The Hall–Kier alpha value is -2.75. The van der Waals surface area contributed by atoms with Crippen LogP contribution in [0.5, 0.6) is 0 Å². The lowest BCUT2D eigenvalue weighted by atomic mass is 10.1. The van der Waals surface area contributed by atoms with E-state index in [9.17, 15) is 14.4 Å². The summed E-state index contributed by atoms with van der Waals surface area (Å²) >= 11 is 0. The fraction of sp³-hybridized carbons (Fsp3) is 0.118. The number of nitrogens with zero attached hydrogens (tertiary/aromatic N) is 1. The Morgan fingerprint density at radius 3 is 1.90 bits per heavy atom. The summed E-state index contributed by atoms with van der Waals surface area (Å²) in [7, 11) is 0. The molecule has 2 amide bonds. The second kappa shape index (κ2) is 6.61. The fourth-order valence-electron chi connectivity index (χ4n) is 2.02. The largest absolute Gasteiger partial charge is 0.294 e. The van der Waals surface area contributed by atoms with Crippen molar-refractivity contribution in [3.05, 3.63) is 66.2 Å². The van der Waals surface area contributed by atoms with Gasteiger partial charge < -0.3 is 0 Å². The van der Waals surface area contributed by atoms with Crippen molar-refractivity contribution in [1.29, 1.82) is 0 Å². The predicted octanol–water partition coefficient (Wildman–Crippen LogP) is 2.84. The highest BCUT2D eigenvalue weighted by Gasteiger charge is 2.22. The number of carbonyl (C=O) groups is 3. The molecule has 0 aliphatic rings. The maximum Gasteiger partial charge on any atom is 0.241 e. The molecule has 0 unspecified atom stereocenters. The molecule has 0 aliphatic carbocycles. The van der Waals surface area contributed by atoms with E-state index in [-0.39, 0.29) is 12.2 Å². The van der Waals surface area contributed by atoms with E-state index >= 15 is 0 Å². The molecule has 4 heteroatoms. The summed E-state index contributed by atoms with van der Waals surface area (Å²) in [6.07, 6.45) is -0.335. The molecule has 0 N–H and O–H groups in total. The molecule has 2 aromatic carbocycles. The lowest BCUT2D eigenvalue weighted by Crippen LogP contribution is -2.36. The SMILES string of the molecule is CC(=O)N(C(=O)CC(=O)c1ccccc1)c1ccccc1. The van der Waals surface area contributed by atoms with E-state index in [1.54, 1.807) is 60.7 Å². The number of hydrogen-bond acceptors (Lipinski definition) is 3. The molecule has 2 aromatic rings. The van der Waals surface area contributed by atoms with Gasteiger partial charge in [0.05, 0.1) is 12.1 Å². The molecular formula is C17H15NO3. The first-order valence-corrected chi connectivity index (χ1v) is 6.56. The molecule has 0 bridgehead atoms. The number of carbonyl (C=O) groups excluding carboxylic acids is 3. The first-order valence-electron chi connectivity index (χ1n) is 6.56. The van der Waals surface area contributed by atoms with Crippen LogP contribution < -0.4 is 4.90 Å². The number of hydrogen-bond donors (Lipinski definition) is 0. The van der Waals surface area contributed by atoms with Crippen LogP contribution in [0.1, 0.15) is 23.7 Å². The zero-order valence-corrected chi connectivity index (χ0v) is 11.7. The molecule has 4 nitrogen and oxygen atoms in total. The Morgan fingerprint density at radius 2 is 1.38 bits per heavy atom. The highest BCUT2D eigenvalue weighted by atomic mass is 16.2. The predicted molar refractivity (Wildman–Crippen MR) is 80.0 cm³/mol. The Labute approximate surface area is 123 Å². The summed E-state index contributed by atoms with van der Waals surface area (Å²) in [5.41, 5.74) is 0.929. The van der Waals surface area contributed by atoms with E-state index in [1.165, 1.54) is 6.92 Å². The lowest BCUT2D eigenvalue weighted by Gasteiger charge is -2.18. The maximum absolute atomic E-state index is 12.3. The highest BCUT2D eigenvalue weighted by molar-refractivity contribution is 6.20. The fourth-order valence-corrected chi connectivity index (χ4v) is 2.02. The average Bonchev–Trinajstić information content (AvgIpc) is 2.49. The van der Waals surface area contributed by atoms with Crippen molar-refractivity contribution >= 4 is 23.3 Å². The molecule has 0 atom stereocenters. The third kappa shape index (κ3) is 3.63. The molecule has 0 fully saturated rings. The van der Waals surface area contributed by atoms with E-state index in [0.29, 0.717) is 11.3 Å². The van der Waals surface area contributed by atoms with Crippen LogP contribution in [0, 0.1) is 0 Å². The summed E-state index contributed by atoms with van der Waals surface area (Å²) in [6.45, 7) is 1.30. The van der Waals surface area contributed by atoms with E-state index in [1.807, 2.05) is 0 Å². The first kappa shape index (κ1) is 14.7. The number of imide groups is 1. The van der Waals surface area contributed by atoms with Crippen molar-refractivity contribution in [3.8, 4) is 0 Å². The van der Waals surface area contributed by atoms with Crippen LogP contribution in [0.3, 0.4) is 0 Å². The van der Waals surface area contributed by atoms with Crippen molar-refractivity contribution < 1.29 is 14.4 Å². The average molecular weight is 281 g/mol. The van der Waals surface area contributed by atoms with Gasteiger partial charge in [-0.05, 0) is 12.1 Å². The van der Waals surface area contributed by atoms with Crippen LogP contribution in [0.2, 0.25) is 0 Å². The van der Waals surface area contributed by atoms with Gasteiger partial charge in [0.25, 0.3) is 0 Å². The Morgan fingerprint density at radius 1 is 0.857 bits per heavy atom. The molecule has 21 heavy (non-hydrogen) atoms. The molecular weight excluding hydrogens is 266 g/mol. The number of Topliss-reactive ketones (excluding diaryl/α,β-unsaturated/α-hetero) is 1. The van der Waals surface area contributed by atoms with Gasteiger partial charge in [0.15, 0.2) is 5.78 Å². The maximum atomic E-state index is 12.3. The molecule has 0 aromatic heterocycles. The van der Waals surface area contributed by atoms with Gasteiger partial charge in [-0.25, -0.2) is 0 Å². The van der Waals surface area contributed by atoms with Gasteiger partial charge in [0.2, 0.25) is 11.8 Å².